The molecule has 0 saturated carbocycles. The normalized spacial score (nSPS) is 12.3. The zero-order valence-electron chi connectivity index (χ0n) is 14.2. The van der Waals surface area contributed by atoms with Crippen molar-refractivity contribution in [2.75, 3.05) is 5.32 Å². The van der Waals surface area contributed by atoms with Crippen molar-refractivity contribution in [3.05, 3.63) is 59.9 Å². The van der Waals surface area contributed by atoms with Gasteiger partial charge in [0.1, 0.15) is 11.6 Å². The minimum atomic E-state index is -1.02. The number of halogens is 1. The van der Waals surface area contributed by atoms with Gasteiger partial charge in [0.25, 0.3) is 5.91 Å². The molecule has 2 N–H and O–H groups in total. The van der Waals surface area contributed by atoms with Crippen LogP contribution in [0.2, 0.25) is 0 Å². The molecule has 6 heteroatoms. The van der Waals surface area contributed by atoms with E-state index in [0.717, 1.165) is 0 Å². The first-order chi connectivity index (χ1) is 11.7. The molecule has 0 spiro atoms. The summed E-state index contributed by atoms with van der Waals surface area (Å²) in [7, 11) is 0. The molecule has 2 rings (SSSR count). The van der Waals surface area contributed by atoms with Crippen molar-refractivity contribution in [2.45, 2.75) is 32.3 Å². The lowest BCUT2D eigenvalue weighted by molar-refractivity contribution is -0.142. The Bertz CT molecular complexity index is 771. The Balaban J connectivity index is 2.01. The Kier molecular flexibility index (Phi) is 5.41. The van der Waals surface area contributed by atoms with Crippen LogP contribution in [0.15, 0.2) is 48.5 Å². The summed E-state index contributed by atoms with van der Waals surface area (Å²) in [6.45, 7) is 4.78. The van der Waals surface area contributed by atoms with Crippen LogP contribution in [0.5, 0.6) is 5.75 Å². The maximum absolute atomic E-state index is 13.1. The summed E-state index contributed by atoms with van der Waals surface area (Å²) in [6, 6.07) is 12.1. The molecule has 2 aromatic carbocycles. The topological polar surface area (TPSA) is 75.6 Å². The van der Waals surface area contributed by atoms with Gasteiger partial charge in [0.15, 0.2) is 6.10 Å². The lowest BCUT2D eigenvalue weighted by Crippen LogP contribution is -2.30. The molecular weight excluding hydrogens is 325 g/mol. The Morgan fingerprint density at radius 3 is 2.36 bits per heavy atom. The van der Waals surface area contributed by atoms with Gasteiger partial charge in [-0.2, -0.15) is 0 Å². The minimum absolute atomic E-state index is 0.265. The van der Waals surface area contributed by atoms with E-state index < -0.39 is 29.2 Å². The SMILES string of the molecule is CC(Oc1cccc(F)c1)C(=O)Nc1ccc(C(C)(C)C(=O)O)cc1. The fourth-order valence-corrected chi connectivity index (χ4v) is 2.14. The fourth-order valence-electron chi connectivity index (χ4n) is 2.14. The maximum atomic E-state index is 13.1. The van der Waals surface area contributed by atoms with Gasteiger partial charge in [-0.25, -0.2) is 4.39 Å². The van der Waals surface area contributed by atoms with Crippen molar-refractivity contribution < 1.29 is 23.8 Å². The second kappa shape index (κ2) is 7.34. The van der Waals surface area contributed by atoms with Crippen molar-refractivity contribution in [3.8, 4) is 5.75 Å². The Hall–Kier alpha value is -2.89. The number of nitrogens with one attached hydrogen (secondary N) is 1. The van der Waals surface area contributed by atoms with Crippen LogP contribution < -0.4 is 10.1 Å². The number of aliphatic carboxylic acids is 1. The molecule has 0 aromatic heterocycles. The van der Waals surface area contributed by atoms with Gasteiger partial charge in [-0.05, 0) is 50.6 Å². The number of benzene rings is 2. The molecule has 1 unspecified atom stereocenters. The summed E-state index contributed by atoms with van der Waals surface area (Å²) in [6.07, 6.45) is -0.822. The van der Waals surface area contributed by atoms with E-state index in [4.69, 9.17) is 4.74 Å². The van der Waals surface area contributed by atoms with Crippen molar-refractivity contribution >= 4 is 17.6 Å². The number of rotatable bonds is 6. The van der Waals surface area contributed by atoms with Gasteiger partial charge in [-0.3, -0.25) is 9.59 Å². The molecule has 0 aliphatic rings. The van der Waals surface area contributed by atoms with Crippen molar-refractivity contribution in [2.24, 2.45) is 0 Å². The first-order valence-corrected chi connectivity index (χ1v) is 7.77. The molecule has 0 bridgehead atoms. The third kappa shape index (κ3) is 4.56. The molecule has 132 valence electrons. The van der Waals surface area contributed by atoms with Crippen LogP contribution in [-0.4, -0.2) is 23.1 Å². The number of carboxylic acids is 1. The fraction of sp³-hybridized carbons (Fsp3) is 0.263. The monoisotopic (exact) mass is 345 g/mol. The van der Waals surface area contributed by atoms with Crippen LogP contribution in [0.3, 0.4) is 0 Å². The predicted octanol–water partition coefficient (Wildman–Crippen LogP) is 3.59. The zero-order valence-corrected chi connectivity index (χ0v) is 14.2. The average molecular weight is 345 g/mol. The van der Waals surface area contributed by atoms with Gasteiger partial charge < -0.3 is 15.2 Å². The molecule has 0 fully saturated rings. The summed E-state index contributed by atoms with van der Waals surface area (Å²) in [5.74, 6) is -1.50. The minimum Gasteiger partial charge on any atom is -0.481 e. The van der Waals surface area contributed by atoms with E-state index in [-0.39, 0.29) is 5.75 Å². The quantitative estimate of drug-likeness (QED) is 0.839. The van der Waals surface area contributed by atoms with Gasteiger partial charge in [-0.15, -0.1) is 0 Å². The first kappa shape index (κ1) is 18.4. The largest absolute Gasteiger partial charge is 0.481 e. The van der Waals surface area contributed by atoms with E-state index in [2.05, 4.69) is 5.32 Å². The van der Waals surface area contributed by atoms with Gasteiger partial charge in [-0.1, -0.05) is 18.2 Å². The van der Waals surface area contributed by atoms with E-state index in [1.807, 2.05) is 0 Å². The van der Waals surface area contributed by atoms with Crippen molar-refractivity contribution in [1.82, 2.24) is 0 Å². The smallest absolute Gasteiger partial charge is 0.313 e. The van der Waals surface area contributed by atoms with Crippen LogP contribution in [0.25, 0.3) is 0 Å². The molecule has 0 aliphatic carbocycles. The predicted molar refractivity (Wildman–Crippen MR) is 92.2 cm³/mol. The van der Waals surface area contributed by atoms with E-state index in [1.165, 1.54) is 18.2 Å². The molecule has 0 aliphatic heterocycles. The first-order valence-electron chi connectivity index (χ1n) is 7.77. The Morgan fingerprint density at radius 2 is 1.80 bits per heavy atom. The van der Waals surface area contributed by atoms with Gasteiger partial charge in [0.05, 0.1) is 5.41 Å². The number of anilines is 1. The molecule has 0 radical (unpaired) electrons. The maximum Gasteiger partial charge on any atom is 0.313 e. The molecule has 1 atom stereocenters. The molecule has 1 amide bonds. The highest BCUT2D eigenvalue weighted by Crippen LogP contribution is 2.25. The second-order valence-electron chi connectivity index (χ2n) is 6.21. The number of carbonyl (C=O) groups excluding carboxylic acids is 1. The summed E-state index contributed by atoms with van der Waals surface area (Å²) in [5, 5.41) is 11.9. The second-order valence-corrected chi connectivity index (χ2v) is 6.21. The number of carboxylic acid groups (broad SMARTS) is 1. The Labute approximate surface area is 145 Å². The van der Waals surface area contributed by atoms with E-state index in [0.29, 0.717) is 11.3 Å². The highest BCUT2D eigenvalue weighted by molar-refractivity contribution is 5.94. The third-order valence-electron chi connectivity index (χ3n) is 3.89. The lowest BCUT2D eigenvalue weighted by atomic mass is 9.85. The third-order valence-corrected chi connectivity index (χ3v) is 3.89. The molecule has 0 heterocycles. The number of hydrogen-bond donors (Lipinski definition) is 2. The van der Waals surface area contributed by atoms with Gasteiger partial charge in [0.2, 0.25) is 0 Å². The number of carbonyl (C=O) groups is 2. The molecular formula is C19H20FNO4. The van der Waals surface area contributed by atoms with Gasteiger partial charge >= 0.3 is 5.97 Å². The average Bonchev–Trinajstić information content (AvgIpc) is 2.55. The lowest BCUT2D eigenvalue weighted by Gasteiger charge is -2.20. The van der Waals surface area contributed by atoms with Crippen LogP contribution >= 0.6 is 0 Å². The zero-order chi connectivity index (χ0) is 18.6. The molecule has 5 nitrogen and oxygen atoms in total. The van der Waals surface area contributed by atoms with E-state index in [9.17, 15) is 19.1 Å². The van der Waals surface area contributed by atoms with E-state index in [1.54, 1.807) is 51.1 Å². The standard InChI is InChI=1S/C19H20FNO4/c1-12(25-16-6-4-5-14(20)11-16)17(22)21-15-9-7-13(8-10-15)19(2,3)18(23)24/h4-12H,1-3H3,(H,21,22)(H,23,24). The van der Waals surface area contributed by atoms with Crippen molar-refractivity contribution in [1.29, 1.82) is 0 Å². The molecule has 2 aromatic rings. The van der Waals surface area contributed by atoms with Crippen LogP contribution in [0.4, 0.5) is 10.1 Å². The number of ether oxygens (including phenoxy) is 1. The summed E-state index contributed by atoms with van der Waals surface area (Å²) >= 11 is 0. The van der Waals surface area contributed by atoms with E-state index >= 15 is 0 Å². The Morgan fingerprint density at radius 1 is 1.16 bits per heavy atom. The van der Waals surface area contributed by atoms with Crippen LogP contribution in [0.1, 0.15) is 26.3 Å². The molecule has 25 heavy (non-hydrogen) atoms. The van der Waals surface area contributed by atoms with Crippen molar-refractivity contribution in [3.63, 3.8) is 0 Å². The number of amides is 1. The highest BCUT2D eigenvalue weighted by atomic mass is 19.1. The van der Waals surface area contributed by atoms with Gasteiger partial charge in [0, 0.05) is 11.8 Å². The molecule has 0 saturated heterocycles. The van der Waals surface area contributed by atoms with Crippen LogP contribution in [0, 0.1) is 5.82 Å². The summed E-state index contributed by atoms with van der Waals surface area (Å²) < 4.78 is 18.5. The summed E-state index contributed by atoms with van der Waals surface area (Å²) in [4.78, 5) is 23.4. The van der Waals surface area contributed by atoms with Crippen LogP contribution in [-0.2, 0) is 15.0 Å². The summed E-state index contributed by atoms with van der Waals surface area (Å²) in [5.41, 5.74) is 0.128. The highest BCUT2D eigenvalue weighted by Gasteiger charge is 2.29. The number of hydrogen-bond acceptors (Lipinski definition) is 3.